The van der Waals surface area contributed by atoms with Crippen molar-refractivity contribution in [1.29, 1.82) is 0 Å². The number of methoxy groups -OCH3 is 1. The van der Waals surface area contributed by atoms with Crippen molar-refractivity contribution in [1.82, 2.24) is 15.1 Å². The van der Waals surface area contributed by atoms with Gasteiger partial charge in [-0.1, -0.05) is 0 Å². The van der Waals surface area contributed by atoms with Gasteiger partial charge in [-0.3, -0.25) is 0 Å². The van der Waals surface area contributed by atoms with Gasteiger partial charge >= 0.3 is 0 Å². The molecule has 4 heteroatoms. The van der Waals surface area contributed by atoms with Crippen molar-refractivity contribution in [2.45, 2.75) is 37.6 Å². The van der Waals surface area contributed by atoms with Gasteiger partial charge in [-0.25, -0.2) is 4.68 Å². The second-order valence-electron chi connectivity index (χ2n) is 4.81. The van der Waals surface area contributed by atoms with E-state index in [2.05, 4.69) is 16.1 Å². The average molecular weight is 221 g/mol. The van der Waals surface area contributed by atoms with E-state index in [1.54, 1.807) is 7.11 Å². The van der Waals surface area contributed by atoms with Crippen LogP contribution in [0.15, 0.2) is 6.07 Å². The van der Waals surface area contributed by atoms with E-state index in [0.717, 1.165) is 31.8 Å². The van der Waals surface area contributed by atoms with Crippen LogP contribution in [0.25, 0.3) is 0 Å². The number of piperidine rings is 1. The van der Waals surface area contributed by atoms with Gasteiger partial charge in [0.2, 0.25) is 5.88 Å². The fourth-order valence-electron chi connectivity index (χ4n) is 2.44. The molecule has 1 saturated heterocycles. The highest BCUT2D eigenvalue weighted by Crippen LogP contribution is 2.41. The van der Waals surface area contributed by atoms with Crippen molar-refractivity contribution in [3.05, 3.63) is 11.8 Å². The number of ether oxygens (including phenoxy) is 1. The molecule has 0 atom stereocenters. The molecule has 4 nitrogen and oxygen atoms in total. The molecule has 0 bridgehead atoms. The summed E-state index contributed by atoms with van der Waals surface area (Å²) in [5.41, 5.74) is 1.23. The molecule has 0 aromatic carbocycles. The van der Waals surface area contributed by atoms with Crippen LogP contribution in [0, 0.1) is 0 Å². The Hall–Kier alpha value is -1.03. The Labute approximate surface area is 96.0 Å². The van der Waals surface area contributed by atoms with Crippen molar-refractivity contribution in [2.75, 3.05) is 20.2 Å². The Morgan fingerprint density at radius 1 is 1.31 bits per heavy atom. The minimum Gasteiger partial charge on any atom is -0.481 e. The SMILES string of the molecule is COc1cc(C2CC2)nn1C1CCNCC1. The maximum atomic E-state index is 5.44. The van der Waals surface area contributed by atoms with Crippen LogP contribution in [-0.4, -0.2) is 30.0 Å². The van der Waals surface area contributed by atoms with E-state index in [0.29, 0.717) is 12.0 Å². The normalized spacial score (nSPS) is 22.3. The Bertz CT molecular complexity index is 364. The van der Waals surface area contributed by atoms with Crippen LogP contribution >= 0.6 is 0 Å². The molecule has 1 saturated carbocycles. The maximum Gasteiger partial charge on any atom is 0.211 e. The molecule has 0 amide bonds. The summed E-state index contributed by atoms with van der Waals surface area (Å²) in [5.74, 6) is 1.64. The molecule has 0 spiro atoms. The van der Waals surface area contributed by atoms with E-state index < -0.39 is 0 Å². The zero-order valence-corrected chi connectivity index (χ0v) is 9.78. The molecule has 0 unspecified atom stereocenters. The molecule has 0 radical (unpaired) electrons. The monoisotopic (exact) mass is 221 g/mol. The fourth-order valence-corrected chi connectivity index (χ4v) is 2.44. The lowest BCUT2D eigenvalue weighted by atomic mass is 10.1. The molecule has 1 aromatic rings. The Morgan fingerprint density at radius 3 is 2.69 bits per heavy atom. The second-order valence-corrected chi connectivity index (χ2v) is 4.81. The molecule has 3 rings (SSSR count). The Kier molecular flexibility index (Phi) is 2.59. The third-order valence-electron chi connectivity index (χ3n) is 3.58. The van der Waals surface area contributed by atoms with Crippen LogP contribution < -0.4 is 10.1 Å². The lowest BCUT2D eigenvalue weighted by Crippen LogP contribution is -2.30. The van der Waals surface area contributed by atoms with Gasteiger partial charge < -0.3 is 10.1 Å². The first-order chi connectivity index (χ1) is 7.88. The van der Waals surface area contributed by atoms with Gasteiger partial charge in [0.15, 0.2) is 0 Å². The van der Waals surface area contributed by atoms with E-state index in [4.69, 9.17) is 9.84 Å². The van der Waals surface area contributed by atoms with Crippen LogP contribution in [0.2, 0.25) is 0 Å². The van der Waals surface area contributed by atoms with Gasteiger partial charge in [0.25, 0.3) is 0 Å². The van der Waals surface area contributed by atoms with Gasteiger partial charge in [0.05, 0.1) is 18.8 Å². The van der Waals surface area contributed by atoms with E-state index in [1.165, 1.54) is 18.5 Å². The number of nitrogens with zero attached hydrogens (tertiary/aromatic N) is 2. The van der Waals surface area contributed by atoms with E-state index in [9.17, 15) is 0 Å². The van der Waals surface area contributed by atoms with Crippen molar-refractivity contribution in [3.8, 4) is 5.88 Å². The van der Waals surface area contributed by atoms with Crippen LogP contribution in [-0.2, 0) is 0 Å². The summed E-state index contributed by atoms with van der Waals surface area (Å²) in [4.78, 5) is 0. The van der Waals surface area contributed by atoms with Gasteiger partial charge in [0, 0.05) is 12.0 Å². The van der Waals surface area contributed by atoms with Crippen LogP contribution in [0.1, 0.15) is 43.3 Å². The van der Waals surface area contributed by atoms with Crippen molar-refractivity contribution < 1.29 is 4.74 Å². The number of aromatic nitrogens is 2. The first-order valence-corrected chi connectivity index (χ1v) is 6.22. The predicted molar refractivity (Wildman–Crippen MR) is 61.9 cm³/mol. The standard InChI is InChI=1S/C12H19N3O/c1-16-12-8-11(9-2-3-9)14-15(12)10-4-6-13-7-5-10/h8-10,13H,2-7H2,1H3. The Morgan fingerprint density at radius 2 is 2.06 bits per heavy atom. The summed E-state index contributed by atoms with van der Waals surface area (Å²) in [7, 11) is 1.74. The highest BCUT2D eigenvalue weighted by Gasteiger charge is 2.29. The van der Waals surface area contributed by atoms with Crippen LogP contribution in [0.3, 0.4) is 0 Å². The third kappa shape index (κ3) is 1.82. The van der Waals surface area contributed by atoms with Gasteiger partial charge in [0.1, 0.15) is 0 Å². The summed E-state index contributed by atoms with van der Waals surface area (Å²) >= 11 is 0. The zero-order chi connectivity index (χ0) is 11.0. The lowest BCUT2D eigenvalue weighted by molar-refractivity contribution is 0.288. The quantitative estimate of drug-likeness (QED) is 0.844. The van der Waals surface area contributed by atoms with Crippen LogP contribution in [0.5, 0.6) is 5.88 Å². The minimum atomic E-state index is 0.517. The number of hydrogen-bond donors (Lipinski definition) is 1. The number of nitrogens with one attached hydrogen (secondary N) is 1. The maximum absolute atomic E-state index is 5.44. The molecule has 1 aliphatic carbocycles. The first kappa shape index (κ1) is 10.1. The Balaban J connectivity index is 1.85. The third-order valence-corrected chi connectivity index (χ3v) is 3.58. The smallest absolute Gasteiger partial charge is 0.211 e. The summed E-state index contributed by atoms with van der Waals surface area (Å²) in [5, 5.41) is 8.11. The van der Waals surface area contributed by atoms with Crippen LogP contribution in [0.4, 0.5) is 0 Å². The molecular formula is C12H19N3O. The molecule has 2 fully saturated rings. The lowest BCUT2D eigenvalue weighted by Gasteiger charge is -2.24. The van der Waals surface area contributed by atoms with E-state index in [-0.39, 0.29) is 0 Å². The highest BCUT2D eigenvalue weighted by atomic mass is 16.5. The largest absolute Gasteiger partial charge is 0.481 e. The molecule has 1 aromatic heterocycles. The zero-order valence-electron chi connectivity index (χ0n) is 9.78. The predicted octanol–water partition coefficient (Wildman–Crippen LogP) is 1.69. The average Bonchev–Trinajstić information content (AvgIpc) is 3.10. The van der Waals surface area contributed by atoms with Gasteiger partial charge in [-0.15, -0.1) is 0 Å². The summed E-state index contributed by atoms with van der Waals surface area (Å²) in [6.07, 6.45) is 4.91. The van der Waals surface area contributed by atoms with Crippen molar-refractivity contribution in [2.24, 2.45) is 0 Å². The van der Waals surface area contributed by atoms with Gasteiger partial charge in [-0.2, -0.15) is 5.10 Å². The molecule has 16 heavy (non-hydrogen) atoms. The summed E-state index contributed by atoms with van der Waals surface area (Å²) < 4.78 is 7.54. The summed E-state index contributed by atoms with van der Waals surface area (Å²) in [6.45, 7) is 2.18. The number of hydrogen-bond acceptors (Lipinski definition) is 3. The molecule has 1 N–H and O–H groups in total. The summed E-state index contributed by atoms with van der Waals surface area (Å²) in [6, 6.07) is 2.64. The molecule has 2 heterocycles. The topological polar surface area (TPSA) is 39.1 Å². The van der Waals surface area contributed by atoms with E-state index in [1.807, 2.05) is 0 Å². The fraction of sp³-hybridized carbons (Fsp3) is 0.750. The van der Waals surface area contributed by atoms with Crippen molar-refractivity contribution >= 4 is 0 Å². The molecule has 88 valence electrons. The number of rotatable bonds is 3. The molecular weight excluding hydrogens is 202 g/mol. The highest BCUT2D eigenvalue weighted by molar-refractivity contribution is 5.23. The van der Waals surface area contributed by atoms with Crippen molar-refractivity contribution in [3.63, 3.8) is 0 Å². The second kappa shape index (κ2) is 4.09. The van der Waals surface area contributed by atoms with E-state index >= 15 is 0 Å². The first-order valence-electron chi connectivity index (χ1n) is 6.22. The minimum absolute atomic E-state index is 0.517. The molecule has 2 aliphatic rings. The van der Waals surface area contributed by atoms with Gasteiger partial charge in [-0.05, 0) is 38.8 Å². The molecule has 1 aliphatic heterocycles.